The van der Waals surface area contributed by atoms with E-state index in [2.05, 4.69) is 5.16 Å². The second kappa shape index (κ2) is 3.26. The van der Waals surface area contributed by atoms with E-state index in [0.717, 1.165) is 0 Å². The van der Waals surface area contributed by atoms with Crippen molar-refractivity contribution >= 4 is 23.8 Å². The van der Waals surface area contributed by atoms with Crippen molar-refractivity contribution in [2.45, 2.75) is 5.38 Å². The maximum Gasteiger partial charge on any atom is 0.327 e. The van der Waals surface area contributed by atoms with Crippen LogP contribution in [0.15, 0.2) is 5.16 Å². The van der Waals surface area contributed by atoms with E-state index in [0.29, 0.717) is 6.21 Å². The quantitative estimate of drug-likeness (QED) is 0.246. The highest BCUT2D eigenvalue weighted by molar-refractivity contribution is 6.37. The summed E-state index contributed by atoms with van der Waals surface area (Å²) in [6.45, 7) is 0. The molecule has 0 heterocycles. The van der Waals surface area contributed by atoms with Crippen molar-refractivity contribution in [1.82, 2.24) is 0 Å². The van der Waals surface area contributed by atoms with Gasteiger partial charge >= 0.3 is 5.97 Å². The number of alkyl halides is 1. The van der Waals surface area contributed by atoms with E-state index in [4.69, 9.17) is 21.9 Å². The number of hydrogen-bond donors (Lipinski definition) is 2. The standard InChI is InChI=1S/C3H4ClNO3/c4-2(1-5-8)3(6)7/h1-2,8H,(H,6,7)/b5-1-. The summed E-state index contributed by atoms with van der Waals surface area (Å²) >= 11 is 5.01. The van der Waals surface area contributed by atoms with E-state index in [1.165, 1.54) is 0 Å². The zero-order chi connectivity index (χ0) is 6.57. The van der Waals surface area contributed by atoms with Gasteiger partial charge in [-0.1, -0.05) is 5.16 Å². The monoisotopic (exact) mass is 137 g/mol. The minimum Gasteiger partial charge on any atom is -0.480 e. The number of halogens is 1. The van der Waals surface area contributed by atoms with Crippen LogP contribution in [0.25, 0.3) is 0 Å². The molecule has 0 aromatic heterocycles. The van der Waals surface area contributed by atoms with Crippen molar-refractivity contribution in [1.29, 1.82) is 0 Å². The summed E-state index contributed by atoms with van der Waals surface area (Å²) in [5.74, 6) is -1.23. The molecule has 1 unspecified atom stereocenters. The molecule has 0 spiro atoms. The van der Waals surface area contributed by atoms with Gasteiger partial charge in [-0.15, -0.1) is 11.6 Å². The number of hydrogen-bond acceptors (Lipinski definition) is 3. The third-order valence-electron chi connectivity index (χ3n) is 0.433. The van der Waals surface area contributed by atoms with Gasteiger partial charge in [0.2, 0.25) is 0 Å². The third-order valence-corrected chi connectivity index (χ3v) is 0.733. The van der Waals surface area contributed by atoms with Crippen molar-refractivity contribution in [3.8, 4) is 0 Å². The Kier molecular flexibility index (Phi) is 2.95. The van der Waals surface area contributed by atoms with E-state index >= 15 is 0 Å². The molecular formula is C3H4ClNO3. The van der Waals surface area contributed by atoms with Gasteiger partial charge in [0, 0.05) is 0 Å². The minimum absolute atomic E-state index is 0.712. The van der Waals surface area contributed by atoms with Gasteiger partial charge in [0.25, 0.3) is 0 Å². The first-order valence-corrected chi connectivity index (χ1v) is 2.16. The maximum atomic E-state index is 9.75. The first kappa shape index (κ1) is 7.23. The predicted molar refractivity (Wildman–Crippen MR) is 27.6 cm³/mol. The molecule has 0 amide bonds. The van der Waals surface area contributed by atoms with Gasteiger partial charge in [0.1, 0.15) is 0 Å². The maximum absolute atomic E-state index is 9.75. The molecule has 0 saturated carbocycles. The van der Waals surface area contributed by atoms with E-state index in [1.54, 1.807) is 0 Å². The molecule has 4 nitrogen and oxygen atoms in total. The summed E-state index contributed by atoms with van der Waals surface area (Å²) in [7, 11) is 0. The van der Waals surface area contributed by atoms with Crippen LogP contribution in [0, 0.1) is 0 Å². The third kappa shape index (κ3) is 2.41. The topological polar surface area (TPSA) is 69.9 Å². The molecule has 0 fully saturated rings. The summed E-state index contributed by atoms with van der Waals surface area (Å²) in [5, 5.41) is 16.9. The predicted octanol–water partition coefficient (Wildman–Crippen LogP) is 0.138. The molecule has 8 heavy (non-hydrogen) atoms. The average Bonchev–Trinajstić information content (AvgIpc) is 1.67. The average molecular weight is 138 g/mol. The molecule has 0 radical (unpaired) electrons. The molecule has 0 aromatic carbocycles. The number of nitrogens with zero attached hydrogens (tertiary/aromatic N) is 1. The van der Waals surface area contributed by atoms with Gasteiger partial charge in [-0.3, -0.25) is 4.79 Å². The van der Waals surface area contributed by atoms with Crippen LogP contribution in [0.4, 0.5) is 0 Å². The van der Waals surface area contributed by atoms with Crippen LogP contribution in [0.1, 0.15) is 0 Å². The van der Waals surface area contributed by atoms with Crippen LogP contribution in [-0.2, 0) is 4.79 Å². The fourth-order valence-electron chi connectivity index (χ4n) is 0.122. The van der Waals surface area contributed by atoms with Gasteiger partial charge in [-0.25, -0.2) is 0 Å². The lowest BCUT2D eigenvalue weighted by Crippen LogP contribution is -2.13. The molecule has 1 atom stereocenters. The fraction of sp³-hybridized carbons (Fsp3) is 0.333. The second-order valence-corrected chi connectivity index (χ2v) is 1.47. The molecule has 46 valence electrons. The van der Waals surface area contributed by atoms with Gasteiger partial charge in [-0.2, -0.15) is 0 Å². The van der Waals surface area contributed by atoms with E-state index in [-0.39, 0.29) is 0 Å². The van der Waals surface area contributed by atoms with E-state index < -0.39 is 11.3 Å². The summed E-state index contributed by atoms with van der Waals surface area (Å²) in [5.41, 5.74) is 0. The van der Waals surface area contributed by atoms with Gasteiger partial charge in [0.05, 0.1) is 6.21 Å². The van der Waals surface area contributed by atoms with Crippen LogP contribution in [0.5, 0.6) is 0 Å². The van der Waals surface area contributed by atoms with Gasteiger partial charge < -0.3 is 10.3 Å². The molecule has 0 saturated heterocycles. The van der Waals surface area contributed by atoms with Crippen molar-refractivity contribution in [2.24, 2.45) is 5.16 Å². The summed E-state index contributed by atoms with van der Waals surface area (Å²) in [4.78, 5) is 9.75. The summed E-state index contributed by atoms with van der Waals surface area (Å²) in [6, 6.07) is 0. The molecular weight excluding hydrogens is 133 g/mol. The Balaban J connectivity index is 3.64. The van der Waals surface area contributed by atoms with Gasteiger partial charge in [0.15, 0.2) is 5.38 Å². The molecule has 0 aliphatic heterocycles. The molecule has 0 aromatic rings. The van der Waals surface area contributed by atoms with Crippen molar-refractivity contribution in [3.05, 3.63) is 0 Å². The Bertz CT molecular complexity index is 113. The minimum atomic E-state index is -1.24. The first-order chi connectivity index (χ1) is 3.68. The highest BCUT2D eigenvalue weighted by Crippen LogP contribution is 1.89. The van der Waals surface area contributed by atoms with Crippen LogP contribution in [-0.4, -0.2) is 27.9 Å². The molecule has 0 aliphatic carbocycles. The molecule has 2 N–H and O–H groups in total. The number of rotatable bonds is 2. The Hall–Kier alpha value is -0.770. The Labute approximate surface area is 50.4 Å². The molecule has 0 bridgehead atoms. The van der Waals surface area contributed by atoms with Crippen LogP contribution >= 0.6 is 11.6 Å². The van der Waals surface area contributed by atoms with Crippen molar-refractivity contribution in [2.75, 3.05) is 0 Å². The van der Waals surface area contributed by atoms with Crippen molar-refractivity contribution < 1.29 is 15.1 Å². The second-order valence-electron chi connectivity index (χ2n) is 1.00. The number of carboxylic acids is 1. The van der Waals surface area contributed by atoms with E-state index in [1.807, 2.05) is 0 Å². The summed E-state index contributed by atoms with van der Waals surface area (Å²) < 4.78 is 0. The Morgan fingerprint density at radius 3 is 2.50 bits per heavy atom. The van der Waals surface area contributed by atoms with Crippen LogP contribution < -0.4 is 0 Å². The highest BCUT2D eigenvalue weighted by Gasteiger charge is 2.08. The lowest BCUT2D eigenvalue weighted by atomic mass is 10.5. The molecule has 0 rings (SSSR count). The zero-order valence-corrected chi connectivity index (χ0v) is 4.54. The number of aliphatic carboxylic acids is 1. The Morgan fingerprint density at radius 1 is 1.88 bits per heavy atom. The van der Waals surface area contributed by atoms with Crippen LogP contribution in [0.3, 0.4) is 0 Å². The summed E-state index contributed by atoms with van der Waals surface area (Å²) in [6.07, 6.45) is 0.712. The molecule has 5 heteroatoms. The fourth-order valence-corrected chi connectivity index (χ4v) is 0.173. The smallest absolute Gasteiger partial charge is 0.327 e. The lowest BCUT2D eigenvalue weighted by molar-refractivity contribution is -0.135. The highest BCUT2D eigenvalue weighted by atomic mass is 35.5. The first-order valence-electron chi connectivity index (χ1n) is 1.73. The normalized spacial score (nSPS) is 14.1. The van der Waals surface area contributed by atoms with Gasteiger partial charge in [-0.05, 0) is 0 Å². The van der Waals surface area contributed by atoms with Crippen LogP contribution in [0.2, 0.25) is 0 Å². The number of oxime groups is 1. The lowest BCUT2D eigenvalue weighted by Gasteiger charge is -1.89. The number of carbonyl (C=O) groups is 1. The zero-order valence-electron chi connectivity index (χ0n) is 3.78. The molecule has 0 aliphatic rings. The van der Waals surface area contributed by atoms with E-state index in [9.17, 15) is 4.79 Å². The van der Waals surface area contributed by atoms with Crippen molar-refractivity contribution in [3.63, 3.8) is 0 Å². The SMILES string of the molecule is O=C(O)C(Cl)/C=N\O. The largest absolute Gasteiger partial charge is 0.480 e. The Morgan fingerprint density at radius 2 is 2.38 bits per heavy atom. The number of carboxylic acid groups (broad SMARTS) is 1.